The van der Waals surface area contributed by atoms with E-state index in [0.717, 1.165) is 50.4 Å². The maximum absolute atomic E-state index is 13.3. The van der Waals surface area contributed by atoms with Gasteiger partial charge in [-0.05, 0) is 85.7 Å². The minimum absolute atomic E-state index is 0.000165. The fraction of sp³-hybridized carbons (Fsp3) is 0.320. The Morgan fingerprint density at radius 2 is 1.89 bits per heavy atom. The number of hydrogen-bond acceptors (Lipinski definition) is 2. The Morgan fingerprint density at radius 3 is 2.50 bits per heavy atom. The van der Waals surface area contributed by atoms with E-state index in [1.54, 1.807) is 6.08 Å². The molecule has 0 bridgehead atoms. The molecule has 2 aromatic rings. The molecule has 1 atom stereocenters. The van der Waals surface area contributed by atoms with Gasteiger partial charge in [0.1, 0.15) is 5.60 Å². The molecule has 28 heavy (non-hydrogen) atoms. The van der Waals surface area contributed by atoms with E-state index >= 15 is 0 Å². The van der Waals surface area contributed by atoms with E-state index < -0.39 is 5.60 Å². The summed E-state index contributed by atoms with van der Waals surface area (Å²) < 4.78 is 5.97. The van der Waals surface area contributed by atoms with Crippen molar-refractivity contribution in [3.8, 4) is 11.1 Å². The average Bonchev–Trinajstić information content (AvgIpc) is 2.63. The van der Waals surface area contributed by atoms with Gasteiger partial charge in [0.05, 0.1) is 6.10 Å². The normalized spacial score (nSPS) is 19.1. The summed E-state index contributed by atoms with van der Waals surface area (Å²) in [5.74, 6) is 0.000165. The lowest BCUT2D eigenvalue weighted by atomic mass is 9.80. The summed E-state index contributed by atoms with van der Waals surface area (Å²) in [6, 6.07) is 12.3. The van der Waals surface area contributed by atoms with Gasteiger partial charge in [-0.25, -0.2) is 0 Å². The van der Waals surface area contributed by atoms with E-state index in [2.05, 4.69) is 31.7 Å². The molecular weight excluding hydrogens is 368 g/mol. The van der Waals surface area contributed by atoms with Crippen LogP contribution < -0.4 is 0 Å². The molecule has 1 aliphatic rings. The standard InChI is InChI=1S/C25H27ClO2/c1-7-17-9-10-18(21-12-11-19(26)13-15(21)3)14-22(17)23-20(8-2)16(4)28-25(5,6)24(23)27/h8-14,16H,2,7H2,1,3-6H3. The number of ether oxygens (including phenoxy) is 1. The molecule has 2 nitrogen and oxygen atoms in total. The van der Waals surface area contributed by atoms with Crippen LogP contribution >= 0.6 is 11.6 Å². The monoisotopic (exact) mass is 394 g/mol. The summed E-state index contributed by atoms with van der Waals surface area (Å²) in [6.45, 7) is 13.8. The van der Waals surface area contributed by atoms with Crippen LogP contribution in [0.3, 0.4) is 0 Å². The zero-order valence-corrected chi connectivity index (χ0v) is 18.0. The molecule has 1 heterocycles. The lowest BCUT2D eigenvalue weighted by molar-refractivity contribution is -0.140. The number of Topliss-reactive ketones (excluding diaryl/α,β-unsaturated/α-hetero) is 1. The second-order valence-electron chi connectivity index (χ2n) is 7.82. The van der Waals surface area contributed by atoms with Gasteiger partial charge < -0.3 is 4.74 Å². The Bertz CT molecular complexity index is 982. The van der Waals surface area contributed by atoms with Crippen molar-refractivity contribution in [2.75, 3.05) is 0 Å². The summed E-state index contributed by atoms with van der Waals surface area (Å²) in [7, 11) is 0. The third-order valence-corrected chi connectivity index (χ3v) is 5.69. The Kier molecular flexibility index (Phi) is 5.65. The van der Waals surface area contributed by atoms with Crippen molar-refractivity contribution in [2.45, 2.75) is 52.7 Å². The van der Waals surface area contributed by atoms with Gasteiger partial charge in [0.25, 0.3) is 0 Å². The Hall–Kier alpha value is -2.16. The van der Waals surface area contributed by atoms with Crippen molar-refractivity contribution >= 4 is 23.0 Å². The molecule has 0 saturated carbocycles. The summed E-state index contributed by atoms with van der Waals surface area (Å²) in [6.07, 6.45) is 2.41. The molecule has 3 heteroatoms. The van der Waals surface area contributed by atoms with Crippen LogP contribution in [0.5, 0.6) is 0 Å². The van der Waals surface area contributed by atoms with E-state index in [1.807, 2.05) is 45.9 Å². The third kappa shape index (κ3) is 3.59. The lowest BCUT2D eigenvalue weighted by Gasteiger charge is -2.36. The molecule has 0 aromatic heterocycles. The highest BCUT2D eigenvalue weighted by atomic mass is 35.5. The first-order valence-electron chi connectivity index (χ1n) is 9.68. The first kappa shape index (κ1) is 20.6. The molecule has 0 radical (unpaired) electrons. The van der Waals surface area contributed by atoms with Crippen LogP contribution in [-0.4, -0.2) is 17.5 Å². The van der Waals surface area contributed by atoms with Crippen molar-refractivity contribution in [2.24, 2.45) is 0 Å². The van der Waals surface area contributed by atoms with Gasteiger partial charge in [-0.15, -0.1) is 0 Å². The molecule has 0 N–H and O–H groups in total. The molecule has 0 spiro atoms. The van der Waals surface area contributed by atoms with Crippen LogP contribution in [0.4, 0.5) is 0 Å². The third-order valence-electron chi connectivity index (χ3n) is 5.45. The molecule has 0 fully saturated rings. The molecule has 3 rings (SSSR count). The first-order chi connectivity index (χ1) is 13.2. The molecule has 146 valence electrons. The summed E-state index contributed by atoms with van der Waals surface area (Å²) in [5.41, 5.74) is 6.11. The smallest absolute Gasteiger partial charge is 0.195 e. The zero-order valence-electron chi connectivity index (χ0n) is 17.2. The van der Waals surface area contributed by atoms with E-state index in [0.29, 0.717) is 0 Å². The second-order valence-corrected chi connectivity index (χ2v) is 8.26. The number of ketones is 1. The number of halogens is 1. The van der Waals surface area contributed by atoms with Gasteiger partial charge in [0.2, 0.25) is 0 Å². The van der Waals surface area contributed by atoms with Gasteiger partial charge >= 0.3 is 0 Å². The quantitative estimate of drug-likeness (QED) is 0.585. The Balaban J connectivity index is 2.27. The van der Waals surface area contributed by atoms with E-state index in [1.165, 1.54) is 0 Å². The fourth-order valence-electron chi connectivity index (χ4n) is 3.98. The Morgan fingerprint density at radius 1 is 1.18 bits per heavy atom. The van der Waals surface area contributed by atoms with Crippen molar-refractivity contribution < 1.29 is 9.53 Å². The summed E-state index contributed by atoms with van der Waals surface area (Å²) in [5, 5.41) is 0.721. The number of aryl methyl sites for hydroxylation is 2. The SMILES string of the molecule is C=CC1=C(c2cc(-c3ccc(Cl)cc3C)ccc2CC)C(=O)C(C)(C)OC1C. The number of rotatable bonds is 4. The number of carbonyl (C=O) groups is 1. The van der Waals surface area contributed by atoms with Gasteiger partial charge in [-0.3, -0.25) is 4.79 Å². The maximum atomic E-state index is 13.3. The van der Waals surface area contributed by atoms with Gasteiger partial charge in [-0.2, -0.15) is 0 Å². The van der Waals surface area contributed by atoms with E-state index in [9.17, 15) is 4.79 Å². The number of carbonyl (C=O) groups excluding carboxylic acids is 1. The minimum atomic E-state index is -0.863. The van der Waals surface area contributed by atoms with Crippen molar-refractivity contribution in [1.82, 2.24) is 0 Å². The van der Waals surface area contributed by atoms with Crippen LogP contribution in [0.1, 0.15) is 44.4 Å². The molecule has 1 unspecified atom stereocenters. The van der Waals surface area contributed by atoms with Gasteiger partial charge in [0, 0.05) is 10.6 Å². The molecule has 2 aromatic carbocycles. The van der Waals surface area contributed by atoms with E-state index in [-0.39, 0.29) is 11.9 Å². The Labute approximate surface area is 172 Å². The van der Waals surface area contributed by atoms with Crippen molar-refractivity contribution in [3.05, 3.63) is 76.3 Å². The largest absolute Gasteiger partial charge is 0.360 e. The van der Waals surface area contributed by atoms with Crippen LogP contribution in [0.25, 0.3) is 16.7 Å². The number of benzene rings is 2. The molecule has 1 aliphatic heterocycles. The predicted octanol–water partition coefficient (Wildman–Crippen LogP) is 6.58. The van der Waals surface area contributed by atoms with E-state index in [4.69, 9.17) is 16.3 Å². The highest BCUT2D eigenvalue weighted by molar-refractivity contribution is 6.30. The van der Waals surface area contributed by atoms with Crippen LogP contribution in [0.15, 0.2) is 54.6 Å². The molecule has 0 saturated heterocycles. The topological polar surface area (TPSA) is 26.3 Å². The second kappa shape index (κ2) is 7.69. The average molecular weight is 395 g/mol. The van der Waals surface area contributed by atoms with Gasteiger partial charge in [0.15, 0.2) is 5.78 Å². The van der Waals surface area contributed by atoms with Crippen LogP contribution in [0.2, 0.25) is 5.02 Å². The molecular formula is C25H27ClO2. The van der Waals surface area contributed by atoms with Gasteiger partial charge in [-0.1, -0.05) is 49.4 Å². The fourth-order valence-corrected chi connectivity index (χ4v) is 4.20. The molecule has 0 amide bonds. The minimum Gasteiger partial charge on any atom is -0.360 e. The number of hydrogen-bond donors (Lipinski definition) is 0. The molecule has 0 aliphatic carbocycles. The lowest BCUT2D eigenvalue weighted by Crippen LogP contribution is -2.43. The zero-order chi connectivity index (χ0) is 20.6. The highest BCUT2D eigenvalue weighted by Crippen LogP contribution is 2.39. The predicted molar refractivity (Wildman–Crippen MR) is 118 cm³/mol. The van der Waals surface area contributed by atoms with Crippen molar-refractivity contribution in [1.29, 1.82) is 0 Å². The maximum Gasteiger partial charge on any atom is 0.195 e. The first-order valence-corrected chi connectivity index (χ1v) is 10.1. The summed E-state index contributed by atoms with van der Waals surface area (Å²) >= 11 is 6.13. The highest BCUT2D eigenvalue weighted by Gasteiger charge is 2.40. The van der Waals surface area contributed by atoms with Crippen LogP contribution in [-0.2, 0) is 16.0 Å². The van der Waals surface area contributed by atoms with Crippen LogP contribution in [0, 0.1) is 6.92 Å². The summed E-state index contributed by atoms with van der Waals surface area (Å²) in [4.78, 5) is 13.3. The van der Waals surface area contributed by atoms with Crippen molar-refractivity contribution in [3.63, 3.8) is 0 Å².